The Morgan fingerprint density at radius 2 is 2.00 bits per heavy atom. The van der Waals surface area contributed by atoms with Crippen molar-refractivity contribution in [3.05, 3.63) is 41.2 Å². The van der Waals surface area contributed by atoms with Gasteiger partial charge in [0.05, 0.1) is 0 Å². The first-order chi connectivity index (χ1) is 9.04. The van der Waals surface area contributed by atoms with Crippen LogP contribution in [0.3, 0.4) is 0 Å². The number of aromatic nitrogens is 2. The molecule has 2 rings (SSSR count). The number of rotatable bonds is 3. The second-order valence-electron chi connectivity index (χ2n) is 4.12. The van der Waals surface area contributed by atoms with Crippen molar-refractivity contribution in [2.45, 2.75) is 20.3 Å². The van der Waals surface area contributed by atoms with Gasteiger partial charge in [-0.2, -0.15) is 0 Å². The number of hydrogen-bond acceptors (Lipinski definition) is 4. The summed E-state index contributed by atoms with van der Waals surface area (Å²) in [5.74, 6) is -0.701. The largest absolute Gasteiger partial charge is 0.383 e. The fraction of sp³-hybridized carbons (Fsp3) is 0.231. The Morgan fingerprint density at radius 1 is 1.26 bits per heavy atom. The second kappa shape index (κ2) is 5.17. The van der Waals surface area contributed by atoms with Crippen molar-refractivity contribution in [1.82, 2.24) is 9.97 Å². The molecule has 0 bridgehead atoms. The van der Waals surface area contributed by atoms with Gasteiger partial charge >= 0.3 is 0 Å². The van der Waals surface area contributed by atoms with Gasteiger partial charge in [0.25, 0.3) is 0 Å². The first-order valence-corrected chi connectivity index (χ1v) is 5.85. The van der Waals surface area contributed by atoms with Crippen molar-refractivity contribution in [3.63, 3.8) is 0 Å². The van der Waals surface area contributed by atoms with E-state index in [1.807, 2.05) is 6.92 Å². The van der Waals surface area contributed by atoms with Crippen molar-refractivity contribution in [2.24, 2.45) is 0 Å². The topological polar surface area (TPSA) is 63.8 Å². The summed E-state index contributed by atoms with van der Waals surface area (Å²) in [5, 5.41) is 2.66. The highest BCUT2D eigenvalue weighted by molar-refractivity contribution is 5.65. The second-order valence-corrected chi connectivity index (χ2v) is 4.12. The highest BCUT2D eigenvalue weighted by Gasteiger charge is 2.15. The van der Waals surface area contributed by atoms with Crippen molar-refractivity contribution in [1.29, 1.82) is 0 Å². The van der Waals surface area contributed by atoms with E-state index < -0.39 is 11.6 Å². The fourth-order valence-electron chi connectivity index (χ4n) is 1.77. The van der Waals surface area contributed by atoms with Crippen LogP contribution in [0, 0.1) is 18.6 Å². The Labute approximate surface area is 109 Å². The molecular weight excluding hydrogens is 250 g/mol. The first-order valence-electron chi connectivity index (χ1n) is 5.85. The molecule has 0 aliphatic heterocycles. The number of hydrogen-bond donors (Lipinski definition) is 2. The van der Waals surface area contributed by atoms with E-state index in [1.165, 1.54) is 18.5 Å². The summed E-state index contributed by atoms with van der Waals surface area (Å²) in [5.41, 5.74) is 6.46. The molecule has 0 amide bonds. The normalized spacial score (nSPS) is 10.5. The third-order valence-corrected chi connectivity index (χ3v) is 2.86. The summed E-state index contributed by atoms with van der Waals surface area (Å²) in [7, 11) is 0. The van der Waals surface area contributed by atoms with Crippen LogP contribution in [0.15, 0.2) is 18.5 Å². The van der Waals surface area contributed by atoms with Gasteiger partial charge in [0.15, 0.2) is 5.82 Å². The highest BCUT2D eigenvalue weighted by atomic mass is 19.1. The zero-order valence-electron chi connectivity index (χ0n) is 10.7. The molecule has 0 unspecified atom stereocenters. The Balaban J connectivity index is 2.48. The zero-order chi connectivity index (χ0) is 14.0. The Morgan fingerprint density at radius 3 is 2.68 bits per heavy atom. The van der Waals surface area contributed by atoms with Crippen LogP contribution in [0.5, 0.6) is 0 Å². The number of anilines is 3. The number of nitrogen functional groups attached to an aromatic ring is 1. The molecule has 19 heavy (non-hydrogen) atoms. The van der Waals surface area contributed by atoms with Gasteiger partial charge in [-0.25, -0.2) is 18.7 Å². The summed E-state index contributed by atoms with van der Waals surface area (Å²) >= 11 is 0. The van der Waals surface area contributed by atoms with Crippen LogP contribution in [0.25, 0.3) is 0 Å². The van der Waals surface area contributed by atoms with E-state index in [9.17, 15) is 8.78 Å². The Kier molecular flexibility index (Phi) is 3.59. The minimum absolute atomic E-state index is 0.229. The molecule has 1 aromatic carbocycles. The fourth-order valence-corrected chi connectivity index (χ4v) is 1.77. The van der Waals surface area contributed by atoms with Crippen LogP contribution in [0.1, 0.15) is 18.1 Å². The molecule has 4 nitrogen and oxygen atoms in total. The molecule has 6 heteroatoms. The number of benzene rings is 1. The third kappa shape index (κ3) is 2.47. The molecule has 100 valence electrons. The molecule has 0 saturated carbocycles. The number of nitrogens with one attached hydrogen (secondary N) is 1. The number of halogens is 2. The molecule has 3 N–H and O–H groups in total. The van der Waals surface area contributed by atoms with Crippen LogP contribution < -0.4 is 11.1 Å². The van der Waals surface area contributed by atoms with Crippen LogP contribution in [0.2, 0.25) is 0 Å². The number of aryl methyl sites for hydroxylation is 1. The van der Waals surface area contributed by atoms with Crippen LogP contribution >= 0.6 is 0 Å². The summed E-state index contributed by atoms with van der Waals surface area (Å²) in [4.78, 5) is 7.84. The van der Waals surface area contributed by atoms with E-state index in [0.29, 0.717) is 29.2 Å². The molecule has 0 radical (unpaired) electrons. The van der Waals surface area contributed by atoms with Crippen molar-refractivity contribution < 1.29 is 8.78 Å². The van der Waals surface area contributed by atoms with Gasteiger partial charge < -0.3 is 11.1 Å². The lowest BCUT2D eigenvalue weighted by atomic mass is 10.1. The maximum atomic E-state index is 13.9. The summed E-state index contributed by atoms with van der Waals surface area (Å²) in [6.07, 6.45) is 1.81. The zero-order valence-corrected chi connectivity index (χ0v) is 10.7. The van der Waals surface area contributed by atoms with Crippen LogP contribution in [0.4, 0.5) is 26.1 Å². The van der Waals surface area contributed by atoms with Crippen molar-refractivity contribution in [3.8, 4) is 0 Å². The minimum Gasteiger partial charge on any atom is -0.383 e. The Hall–Kier alpha value is -2.24. The number of nitrogens with two attached hydrogens (primary N) is 1. The highest BCUT2D eigenvalue weighted by Crippen LogP contribution is 2.27. The first kappa shape index (κ1) is 13.2. The SMILES string of the molecule is CCc1c(N)ncnc1Nc1c(F)ccc(C)c1F. The van der Waals surface area contributed by atoms with Gasteiger partial charge in [-0.1, -0.05) is 13.0 Å². The van der Waals surface area contributed by atoms with Crippen molar-refractivity contribution in [2.75, 3.05) is 11.1 Å². The molecule has 0 fully saturated rings. The van der Waals surface area contributed by atoms with Crippen molar-refractivity contribution >= 4 is 17.3 Å². The predicted octanol–water partition coefficient (Wildman–Crippen LogP) is 2.95. The predicted molar refractivity (Wildman–Crippen MR) is 70.2 cm³/mol. The lowest BCUT2D eigenvalue weighted by molar-refractivity contribution is 0.584. The third-order valence-electron chi connectivity index (χ3n) is 2.86. The van der Waals surface area contributed by atoms with Gasteiger partial charge in [-0.05, 0) is 25.0 Å². The van der Waals surface area contributed by atoms with E-state index in [2.05, 4.69) is 15.3 Å². The molecule has 0 atom stereocenters. The van der Waals surface area contributed by atoms with E-state index in [1.54, 1.807) is 6.92 Å². The molecule has 0 saturated heterocycles. The van der Waals surface area contributed by atoms with Crippen LogP contribution in [-0.2, 0) is 6.42 Å². The molecular formula is C13H14F2N4. The van der Waals surface area contributed by atoms with Gasteiger partial charge in [0.1, 0.15) is 29.5 Å². The van der Waals surface area contributed by atoms with Crippen LogP contribution in [-0.4, -0.2) is 9.97 Å². The van der Waals surface area contributed by atoms with Gasteiger partial charge in [0, 0.05) is 5.56 Å². The minimum atomic E-state index is -0.678. The number of nitrogens with zero attached hydrogens (tertiary/aromatic N) is 2. The van der Waals surface area contributed by atoms with E-state index in [0.717, 1.165) is 0 Å². The maximum Gasteiger partial charge on any atom is 0.152 e. The van der Waals surface area contributed by atoms with Gasteiger partial charge in [-0.3, -0.25) is 0 Å². The molecule has 2 aromatic rings. The Bertz CT molecular complexity index is 614. The lowest BCUT2D eigenvalue weighted by Gasteiger charge is -2.13. The summed E-state index contributed by atoms with van der Waals surface area (Å²) < 4.78 is 27.6. The van der Waals surface area contributed by atoms with Gasteiger partial charge in [-0.15, -0.1) is 0 Å². The lowest BCUT2D eigenvalue weighted by Crippen LogP contribution is -2.07. The smallest absolute Gasteiger partial charge is 0.152 e. The van der Waals surface area contributed by atoms with E-state index in [-0.39, 0.29) is 5.69 Å². The molecule has 0 aliphatic carbocycles. The molecule has 1 aromatic heterocycles. The molecule has 1 heterocycles. The average Bonchev–Trinajstić information content (AvgIpc) is 2.39. The van der Waals surface area contributed by atoms with E-state index in [4.69, 9.17) is 5.73 Å². The monoisotopic (exact) mass is 264 g/mol. The maximum absolute atomic E-state index is 13.9. The molecule has 0 aliphatic rings. The standard InChI is InChI=1S/C13H14F2N4/c1-3-8-12(16)17-6-18-13(8)19-11-9(14)5-4-7(2)10(11)15/h4-6H,3H2,1-2H3,(H3,16,17,18,19). The average molecular weight is 264 g/mol. The quantitative estimate of drug-likeness (QED) is 0.894. The van der Waals surface area contributed by atoms with Gasteiger partial charge in [0.2, 0.25) is 0 Å². The summed E-state index contributed by atoms with van der Waals surface area (Å²) in [6.45, 7) is 3.43. The summed E-state index contributed by atoms with van der Waals surface area (Å²) in [6, 6.07) is 2.59. The molecule has 0 spiro atoms. The van der Waals surface area contributed by atoms with E-state index >= 15 is 0 Å².